The van der Waals surface area contributed by atoms with Crippen LogP contribution < -0.4 is 5.32 Å². The Morgan fingerprint density at radius 1 is 1.14 bits per heavy atom. The minimum atomic E-state index is -0.136. The Kier molecular flexibility index (Phi) is 5.83. The first kappa shape index (κ1) is 16.1. The van der Waals surface area contributed by atoms with Crippen LogP contribution >= 0.6 is 11.8 Å². The molecule has 0 saturated heterocycles. The molecule has 0 spiro atoms. The molecule has 0 amide bonds. The zero-order valence-electron chi connectivity index (χ0n) is 12.8. The zero-order valence-corrected chi connectivity index (χ0v) is 13.6. The van der Waals surface area contributed by atoms with E-state index >= 15 is 0 Å². The number of rotatable bonds is 6. The van der Waals surface area contributed by atoms with Gasteiger partial charge in [0.15, 0.2) is 0 Å². The highest BCUT2D eigenvalue weighted by atomic mass is 32.2. The van der Waals surface area contributed by atoms with Crippen LogP contribution in [0.5, 0.6) is 0 Å². The van der Waals surface area contributed by atoms with Gasteiger partial charge in [0.05, 0.1) is 0 Å². The molecular weight excluding hydrogens is 281 g/mol. The molecular formula is C18H22FNS. The third-order valence-corrected chi connectivity index (χ3v) is 4.48. The Bertz CT molecular complexity index is 580. The SMILES string of the molecule is CCCNC(C)c1c(F)cccc1Sc1ccc(C)cc1. The van der Waals surface area contributed by atoms with Crippen LogP contribution in [0.2, 0.25) is 0 Å². The van der Waals surface area contributed by atoms with Gasteiger partial charge in [0, 0.05) is 21.4 Å². The topological polar surface area (TPSA) is 12.0 Å². The van der Waals surface area contributed by atoms with Crippen LogP contribution in [0, 0.1) is 12.7 Å². The minimum Gasteiger partial charge on any atom is -0.310 e. The minimum absolute atomic E-state index is 0.0131. The van der Waals surface area contributed by atoms with E-state index in [1.54, 1.807) is 23.9 Å². The quantitative estimate of drug-likeness (QED) is 0.772. The van der Waals surface area contributed by atoms with Crippen molar-refractivity contribution in [3.05, 3.63) is 59.4 Å². The molecule has 0 aliphatic carbocycles. The molecule has 2 aromatic rings. The largest absolute Gasteiger partial charge is 0.310 e. The maximum Gasteiger partial charge on any atom is 0.129 e. The Hall–Kier alpha value is -1.32. The summed E-state index contributed by atoms with van der Waals surface area (Å²) in [5.41, 5.74) is 1.99. The molecule has 1 N–H and O–H groups in total. The van der Waals surface area contributed by atoms with E-state index in [4.69, 9.17) is 0 Å². The van der Waals surface area contributed by atoms with Crippen molar-refractivity contribution in [1.82, 2.24) is 5.32 Å². The first-order valence-electron chi connectivity index (χ1n) is 7.38. The molecule has 0 aliphatic heterocycles. The van der Waals surface area contributed by atoms with Crippen molar-refractivity contribution in [2.24, 2.45) is 0 Å². The van der Waals surface area contributed by atoms with Crippen LogP contribution in [0.25, 0.3) is 0 Å². The molecule has 0 radical (unpaired) electrons. The van der Waals surface area contributed by atoms with E-state index in [1.165, 1.54) is 5.56 Å². The fourth-order valence-corrected chi connectivity index (χ4v) is 3.28. The van der Waals surface area contributed by atoms with E-state index in [0.717, 1.165) is 28.3 Å². The average molecular weight is 303 g/mol. The van der Waals surface area contributed by atoms with Gasteiger partial charge in [-0.25, -0.2) is 4.39 Å². The van der Waals surface area contributed by atoms with Crippen LogP contribution in [-0.4, -0.2) is 6.54 Å². The van der Waals surface area contributed by atoms with Crippen molar-refractivity contribution in [3.63, 3.8) is 0 Å². The summed E-state index contributed by atoms with van der Waals surface area (Å²) >= 11 is 1.62. The van der Waals surface area contributed by atoms with Crippen molar-refractivity contribution >= 4 is 11.8 Å². The first-order chi connectivity index (χ1) is 10.1. The summed E-state index contributed by atoms with van der Waals surface area (Å²) < 4.78 is 14.2. The number of aryl methyl sites for hydroxylation is 1. The monoisotopic (exact) mass is 303 g/mol. The average Bonchev–Trinajstić information content (AvgIpc) is 2.47. The van der Waals surface area contributed by atoms with E-state index in [-0.39, 0.29) is 11.9 Å². The van der Waals surface area contributed by atoms with E-state index < -0.39 is 0 Å². The van der Waals surface area contributed by atoms with Crippen molar-refractivity contribution < 1.29 is 4.39 Å². The molecule has 0 heterocycles. The zero-order chi connectivity index (χ0) is 15.2. The number of hydrogen-bond acceptors (Lipinski definition) is 2. The fraction of sp³-hybridized carbons (Fsp3) is 0.333. The summed E-state index contributed by atoms with van der Waals surface area (Å²) in [5.74, 6) is -0.136. The van der Waals surface area contributed by atoms with Gasteiger partial charge in [-0.1, -0.05) is 42.4 Å². The lowest BCUT2D eigenvalue weighted by molar-refractivity contribution is 0.519. The highest BCUT2D eigenvalue weighted by Gasteiger charge is 2.15. The third kappa shape index (κ3) is 4.32. The number of benzene rings is 2. The van der Waals surface area contributed by atoms with Gasteiger partial charge < -0.3 is 5.32 Å². The van der Waals surface area contributed by atoms with Crippen LogP contribution in [0.1, 0.15) is 37.4 Å². The molecule has 1 unspecified atom stereocenters. The van der Waals surface area contributed by atoms with Gasteiger partial charge in [0.2, 0.25) is 0 Å². The van der Waals surface area contributed by atoms with Crippen LogP contribution in [0.4, 0.5) is 4.39 Å². The van der Waals surface area contributed by atoms with Crippen molar-refractivity contribution in [1.29, 1.82) is 0 Å². The highest BCUT2D eigenvalue weighted by Crippen LogP contribution is 2.34. The van der Waals surface area contributed by atoms with Gasteiger partial charge in [-0.2, -0.15) is 0 Å². The number of hydrogen-bond donors (Lipinski definition) is 1. The second kappa shape index (κ2) is 7.62. The first-order valence-corrected chi connectivity index (χ1v) is 8.19. The summed E-state index contributed by atoms with van der Waals surface area (Å²) in [5, 5.41) is 3.37. The molecule has 0 bridgehead atoms. The molecule has 0 aromatic heterocycles. The van der Waals surface area contributed by atoms with E-state index in [1.807, 2.05) is 13.0 Å². The molecule has 2 rings (SSSR count). The predicted octanol–water partition coefficient (Wildman–Crippen LogP) is 5.35. The molecule has 21 heavy (non-hydrogen) atoms. The molecule has 1 atom stereocenters. The van der Waals surface area contributed by atoms with Gasteiger partial charge in [-0.15, -0.1) is 0 Å². The second-order valence-corrected chi connectivity index (χ2v) is 6.36. The van der Waals surface area contributed by atoms with Crippen LogP contribution in [0.3, 0.4) is 0 Å². The van der Waals surface area contributed by atoms with Gasteiger partial charge in [-0.3, -0.25) is 0 Å². The predicted molar refractivity (Wildman–Crippen MR) is 88.4 cm³/mol. The summed E-state index contributed by atoms with van der Waals surface area (Å²) in [6.45, 7) is 7.10. The van der Waals surface area contributed by atoms with Crippen LogP contribution in [-0.2, 0) is 0 Å². The van der Waals surface area contributed by atoms with Crippen molar-refractivity contribution in [2.75, 3.05) is 6.54 Å². The lowest BCUT2D eigenvalue weighted by Crippen LogP contribution is -2.20. The number of halogens is 1. The molecule has 2 aromatic carbocycles. The molecule has 0 aliphatic rings. The van der Waals surface area contributed by atoms with E-state index in [0.29, 0.717) is 0 Å². The second-order valence-electron chi connectivity index (χ2n) is 5.24. The maximum atomic E-state index is 14.2. The highest BCUT2D eigenvalue weighted by molar-refractivity contribution is 7.99. The Labute approximate surface area is 131 Å². The number of nitrogens with one attached hydrogen (secondary N) is 1. The van der Waals surface area contributed by atoms with Gasteiger partial charge in [0.25, 0.3) is 0 Å². The smallest absolute Gasteiger partial charge is 0.129 e. The summed E-state index contributed by atoms with van der Waals surface area (Å²) in [4.78, 5) is 2.12. The fourth-order valence-electron chi connectivity index (χ4n) is 2.22. The van der Waals surface area contributed by atoms with Crippen molar-refractivity contribution in [2.45, 2.75) is 43.0 Å². The normalized spacial score (nSPS) is 12.4. The third-order valence-electron chi connectivity index (χ3n) is 3.40. The lowest BCUT2D eigenvalue weighted by Gasteiger charge is -2.18. The Morgan fingerprint density at radius 2 is 1.86 bits per heavy atom. The molecule has 0 fully saturated rings. The van der Waals surface area contributed by atoms with Gasteiger partial charge in [0.1, 0.15) is 5.82 Å². The van der Waals surface area contributed by atoms with Gasteiger partial charge >= 0.3 is 0 Å². The molecule has 3 heteroatoms. The standard InChI is InChI=1S/C18H22FNS/c1-4-12-20-14(3)18-16(19)6-5-7-17(18)21-15-10-8-13(2)9-11-15/h5-11,14,20H,4,12H2,1-3H3. The Balaban J connectivity index is 2.26. The van der Waals surface area contributed by atoms with E-state index in [9.17, 15) is 4.39 Å². The van der Waals surface area contributed by atoms with Gasteiger partial charge in [-0.05, 0) is 51.1 Å². The summed E-state index contributed by atoms with van der Waals surface area (Å²) in [6.07, 6.45) is 1.04. The van der Waals surface area contributed by atoms with Crippen LogP contribution in [0.15, 0.2) is 52.3 Å². The lowest BCUT2D eigenvalue weighted by atomic mass is 10.1. The summed E-state index contributed by atoms with van der Waals surface area (Å²) in [6, 6.07) is 13.7. The summed E-state index contributed by atoms with van der Waals surface area (Å²) in [7, 11) is 0. The molecule has 1 nitrogen and oxygen atoms in total. The molecule has 112 valence electrons. The van der Waals surface area contributed by atoms with Crippen molar-refractivity contribution in [3.8, 4) is 0 Å². The molecule has 0 saturated carbocycles. The maximum absolute atomic E-state index is 14.2. The van der Waals surface area contributed by atoms with E-state index in [2.05, 4.69) is 43.4 Å². The Morgan fingerprint density at radius 3 is 2.52 bits per heavy atom.